The lowest BCUT2D eigenvalue weighted by Crippen LogP contribution is -1.99. The highest BCUT2D eigenvalue weighted by Crippen LogP contribution is 2.28. The van der Waals surface area contributed by atoms with Crippen LogP contribution in [0.4, 0.5) is 5.69 Å². The molecule has 0 unspecified atom stereocenters. The summed E-state index contributed by atoms with van der Waals surface area (Å²) in [5, 5.41) is 15.5. The first-order valence-corrected chi connectivity index (χ1v) is 7.66. The molecule has 0 saturated carbocycles. The molecule has 7 heteroatoms. The predicted octanol–water partition coefficient (Wildman–Crippen LogP) is 3.67. The van der Waals surface area contributed by atoms with E-state index < -0.39 is 4.92 Å². The molecule has 0 aliphatic heterocycles. The van der Waals surface area contributed by atoms with Crippen molar-refractivity contribution in [2.45, 2.75) is 6.92 Å². The largest absolute Gasteiger partial charge is 0.270 e. The van der Waals surface area contributed by atoms with Gasteiger partial charge in [-0.25, -0.2) is 4.98 Å². The fourth-order valence-corrected chi connectivity index (χ4v) is 2.71. The minimum atomic E-state index is -0.410. The highest BCUT2D eigenvalue weighted by Gasteiger charge is 2.14. The lowest BCUT2D eigenvalue weighted by atomic mass is 10.1. The number of benzene rings is 2. The second-order valence-corrected chi connectivity index (χ2v) is 5.57. The molecule has 4 aromatic rings. The van der Waals surface area contributed by atoms with Crippen LogP contribution in [-0.2, 0) is 0 Å². The van der Waals surface area contributed by atoms with Gasteiger partial charge >= 0.3 is 0 Å². The molecule has 0 bridgehead atoms. The average molecular weight is 331 g/mol. The van der Waals surface area contributed by atoms with Gasteiger partial charge in [-0.15, -0.1) is 5.10 Å². The molecule has 0 amide bonds. The van der Waals surface area contributed by atoms with Crippen LogP contribution in [0.25, 0.3) is 28.3 Å². The van der Waals surface area contributed by atoms with E-state index in [2.05, 4.69) is 15.1 Å². The van der Waals surface area contributed by atoms with Crippen molar-refractivity contribution < 1.29 is 4.92 Å². The zero-order valence-electron chi connectivity index (χ0n) is 13.3. The molecule has 0 aliphatic rings. The number of fused-ring (bicyclic) bond motifs is 1. The summed E-state index contributed by atoms with van der Waals surface area (Å²) in [4.78, 5) is 19.6. The Kier molecular flexibility index (Phi) is 3.46. The fraction of sp³-hybridized carbons (Fsp3) is 0.0556. The molecular weight excluding hydrogens is 318 g/mol. The van der Waals surface area contributed by atoms with Crippen LogP contribution in [0.15, 0.2) is 60.7 Å². The van der Waals surface area contributed by atoms with Gasteiger partial charge in [0.15, 0.2) is 0 Å². The van der Waals surface area contributed by atoms with E-state index in [1.165, 1.54) is 12.1 Å². The summed E-state index contributed by atoms with van der Waals surface area (Å²) in [5.74, 6) is 1.05. The Bertz CT molecular complexity index is 1090. The van der Waals surface area contributed by atoms with E-state index in [9.17, 15) is 10.1 Å². The molecule has 0 radical (unpaired) electrons. The molecule has 0 saturated heterocycles. The molecule has 2 aromatic carbocycles. The zero-order valence-corrected chi connectivity index (χ0v) is 13.3. The third-order valence-corrected chi connectivity index (χ3v) is 3.84. The summed E-state index contributed by atoms with van der Waals surface area (Å²) in [5.41, 5.74) is 3.09. The van der Waals surface area contributed by atoms with Crippen molar-refractivity contribution in [2.24, 2.45) is 0 Å². The standard InChI is InChI=1S/C18H13N5O2/c1-12-19-18-20-16(13-6-3-2-4-7-13)11-17(22(18)21-12)14-8-5-9-15(10-14)23(24)25/h2-11H,1H3. The van der Waals surface area contributed by atoms with Gasteiger partial charge in [0.2, 0.25) is 0 Å². The molecule has 0 fully saturated rings. The third-order valence-electron chi connectivity index (χ3n) is 3.84. The summed E-state index contributed by atoms with van der Waals surface area (Å²) < 4.78 is 1.61. The number of nitro groups is 1. The van der Waals surface area contributed by atoms with Gasteiger partial charge in [0.1, 0.15) is 5.82 Å². The smallest absolute Gasteiger partial charge is 0.258 e. The number of rotatable bonds is 3. The monoisotopic (exact) mass is 331 g/mol. The first-order valence-electron chi connectivity index (χ1n) is 7.66. The van der Waals surface area contributed by atoms with Gasteiger partial charge in [-0.3, -0.25) is 10.1 Å². The van der Waals surface area contributed by atoms with Crippen molar-refractivity contribution in [1.29, 1.82) is 0 Å². The van der Waals surface area contributed by atoms with Crippen molar-refractivity contribution >= 4 is 11.5 Å². The van der Waals surface area contributed by atoms with Crippen molar-refractivity contribution in [3.8, 4) is 22.5 Å². The topological polar surface area (TPSA) is 86.2 Å². The van der Waals surface area contributed by atoms with Gasteiger partial charge in [-0.2, -0.15) is 9.50 Å². The second kappa shape index (κ2) is 5.79. The van der Waals surface area contributed by atoms with Crippen molar-refractivity contribution in [1.82, 2.24) is 19.6 Å². The van der Waals surface area contributed by atoms with Crippen LogP contribution in [-0.4, -0.2) is 24.5 Å². The molecular formula is C18H13N5O2. The number of aryl methyl sites for hydroxylation is 1. The summed E-state index contributed by atoms with van der Waals surface area (Å²) >= 11 is 0. The molecule has 122 valence electrons. The molecule has 0 atom stereocenters. The van der Waals surface area contributed by atoms with Gasteiger partial charge in [-0.05, 0) is 13.0 Å². The third kappa shape index (κ3) is 2.72. The highest BCUT2D eigenvalue weighted by atomic mass is 16.6. The van der Waals surface area contributed by atoms with Crippen molar-refractivity contribution in [3.05, 3.63) is 76.6 Å². The van der Waals surface area contributed by atoms with Crippen LogP contribution in [0.2, 0.25) is 0 Å². The van der Waals surface area contributed by atoms with Gasteiger partial charge in [-0.1, -0.05) is 42.5 Å². The van der Waals surface area contributed by atoms with E-state index in [1.807, 2.05) is 42.5 Å². The van der Waals surface area contributed by atoms with E-state index in [1.54, 1.807) is 17.5 Å². The van der Waals surface area contributed by atoms with Gasteiger partial charge in [0.25, 0.3) is 11.5 Å². The Hall–Kier alpha value is -3.61. The zero-order chi connectivity index (χ0) is 17.4. The molecule has 0 aliphatic carbocycles. The number of aromatic nitrogens is 4. The average Bonchev–Trinajstić information content (AvgIpc) is 3.01. The van der Waals surface area contributed by atoms with Crippen LogP contribution in [0.3, 0.4) is 0 Å². The Labute approximate surface area is 142 Å². The molecule has 2 aromatic heterocycles. The minimum Gasteiger partial charge on any atom is -0.258 e. The minimum absolute atomic E-state index is 0.0283. The summed E-state index contributed by atoms with van der Waals surface area (Å²) in [6.07, 6.45) is 0. The van der Waals surface area contributed by atoms with Crippen LogP contribution >= 0.6 is 0 Å². The van der Waals surface area contributed by atoms with Crippen LogP contribution < -0.4 is 0 Å². The van der Waals surface area contributed by atoms with E-state index in [4.69, 9.17) is 0 Å². The number of non-ortho nitro benzene ring substituents is 1. The molecule has 7 nitrogen and oxygen atoms in total. The summed E-state index contributed by atoms with van der Waals surface area (Å²) in [7, 11) is 0. The number of nitro benzene ring substituents is 1. The lowest BCUT2D eigenvalue weighted by Gasteiger charge is -2.07. The maximum absolute atomic E-state index is 11.1. The Balaban J connectivity index is 1.99. The molecule has 25 heavy (non-hydrogen) atoms. The van der Waals surface area contributed by atoms with Gasteiger partial charge in [0, 0.05) is 23.3 Å². The molecule has 0 spiro atoms. The predicted molar refractivity (Wildman–Crippen MR) is 93.0 cm³/mol. The second-order valence-electron chi connectivity index (χ2n) is 5.57. The van der Waals surface area contributed by atoms with E-state index in [-0.39, 0.29) is 5.69 Å². The van der Waals surface area contributed by atoms with Crippen molar-refractivity contribution in [3.63, 3.8) is 0 Å². The van der Waals surface area contributed by atoms with Crippen molar-refractivity contribution in [2.75, 3.05) is 0 Å². The lowest BCUT2D eigenvalue weighted by molar-refractivity contribution is -0.384. The van der Waals surface area contributed by atoms with Crippen LogP contribution in [0.5, 0.6) is 0 Å². The highest BCUT2D eigenvalue weighted by molar-refractivity contribution is 5.71. The van der Waals surface area contributed by atoms with E-state index >= 15 is 0 Å². The first-order chi connectivity index (χ1) is 12.1. The Morgan fingerprint density at radius 3 is 2.48 bits per heavy atom. The van der Waals surface area contributed by atoms with Gasteiger partial charge < -0.3 is 0 Å². The molecule has 2 heterocycles. The molecule has 0 N–H and O–H groups in total. The maximum Gasteiger partial charge on any atom is 0.270 e. The summed E-state index contributed by atoms with van der Waals surface area (Å²) in [6, 6.07) is 18.1. The number of nitrogens with zero attached hydrogens (tertiary/aromatic N) is 5. The number of hydrogen-bond donors (Lipinski definition) is 0. The van der Waals surface area contributed by atoms with E-state index in [0.29, 0.717) is 22.9 Å². The first kappa shape index (κ1) is 14.9. The summed E-state index contributed by atoms with van der Waals surface area (Å²) in [6.45, 7) is 1.79. The number of hydrogen-bond acceptors (Lipinski definition) is 5. The fourth-order valence-electron chi connectivity index (χ4n) is 2.71. The maximum atomic E-state index is 11.1. The quantitative estimate of drug-likeness (QED) is 0.422. The Morgan fingerprint density at radius 1 is 0.960 bits per heavy atom. The molecule has 4 rings (SSSR count). The normalized spacial score (nSPS) is 10.9. The van der Waals surface area contributed by atoms with Gasteiger partial charge in [0.05, 0.1) is 16.3 Å². The van der Waals surface area contributed by atoms with E-state index in [0.717, 1.165) is 11.3 Å². The van der Waals surface area contributed by atoms with Crippen LogP contribution in [0, 0.1) is 17.0 Å². The Morgan fingerprint density at radius 2 is 1.72 bits per heavy atom. The van der Waals surface area contributed by atoms with Crippen LogP contribution in [0.1, 0.15) is 5.82 Å². The SMILES string of the molecule is Cc1nc2nc(-c3ccccc3)cc(-c3cccc([N+](=O)[O-])c3)n2n1.